The Morgan fingerprint density at radius 2 is 0.805 bits per heavy atom. The van der Waals surface area contributed by atoms with E-state index in [1.165, 1.54) is 54.6 Å². The highest BCUT2D eigenvalue weighted by atomic mass is 16.3. The first-order chi connectivity index (χ1) is 20.3. The molecule has 7 aromatic carbocycles. The van der Waals surface area contributed by atoms with Gasteiger partial charge in [-0.25, -0.2) is 0 Å². The van der Waals surface area contributed by atoms with Crippen LogP contribution in [0.2, 0.25) is 0 Å². The molecule has 0 saturated carbocycles. The van der Waals surface area contributed by atoms with Crippen molar-refractivity contribution >= 4 is 54.3 Å². The first-order valence-electron chi connectivity index (χ1n) is 14.7. The van der Waals surface area contributed by atoms with Gasteiger partial charge < -0.3 is 4.42 Å². The van der Waals surface area contributed by atoms with Crippen LogP contribution in [-0.4, -0.2) is 0 Å². The highest BCUT2D eigenvalue weighted by Crippen LogP contribution is 2.44. The van der Waals surface area contributed by atoms with Gasteiger partial charge in [-0.2, -0.15) is 0 Å². The Kier molecular flexibility index (Phi) is 7.27. The lowest BCUT2D eigenvalue weighted by Crippen LogP contribution is -1.90. The number of rotatable bonds is 2. The second-order valence-corrected chi connectivity index (χ2v) is 9.72. The number of hydrogen-bond donors (Lipinski definition) is 0. The molecule has 8 rings (SSSR count). The highest BCUT2D eigenvalue weighted by molar-refractivity contribution is 6.22. The van der Waals surface area contributed by atoms with Crippen LogP contribution in [0.4, 0.5) is 0 Å². The van der Waals surface area contributed by atoms with Crippen LogP contribution in [0.25, 0.3) is 76.5 Å². The van der Waals surface area contributed by atoms with Gasteiger partial charge in [0.1, 0.15) is 11.2 Å². The second-order valence-electron chi connectivity index (χ2n) is 9.72. The topological polar surface area (TPSA) is 13.1 Å². The van der Waals surface area contributed by atoms with Crippen molar-refractivity contribution in [1.82, 2.24) is 0 Å². The van der Waals surface area contributed by atoms with Crippen molar-refractivity contribution in [3.8, 4) is 22.3 Å². The summed E-state index contributed by atoms with van der Waals surface area (Å²) in [6, 6.07) is 47.9. The van der Waals surface area contributed by atoms with Crippen LogP contribution in [0.1, 0.15) is 27.7 Å². The van der Waals surface area contributed by atoms with E-state index in [4.69, 9.17) is 4.42 Å². The molecule has 1 nitrogen and oxygen atoms in total. The molecule has 0 aliphatic carbocycles. The fraction of sp³-hybridized carbons (Fsp3) is 0.100. The molecule has 8 aromatic rings. The average molecular weight is 531 g/mol. The molecule has 0 N–H and O–H groups in total. The maximum absolute atomic E-state index is 6.30. The molecule has 0 aliphatic heterocycles. The third-order valence-corrected chi connectivity index (χ3v) is 7.62. The van der Waals surface area contributed by atoms with E-state index in [1.807, 2.05) is 27.7 Å². The minimum absolute atomic E-state index is 0.920. The molecule has 0 fully saturated rings. The van der Waals surface area contributed by atoms with Gasteiger partial charge in [0, 0.05) is 10.8 Å². The van der Waals surface area contributed by atoms with E-state index >= 15 is 0 Å². The molecule has 1 aromatic heterocycles. The lowest BCUT2D eigenvalue weighted by atomic mass is 9.86. The smallest absolute Gasteiger partial charge is 0.136 e. The minimum Gasteiger partial charge on any atom is -0.456 e. The summed E-state index contributed by atoms with van der Waals surface area (Å²) in [6.07, 6.45) is 0. The van der Waals surface area contributed by atoms with Gasteiger partial charge in [-0.15, -0.1) is 0 Å². The van der Waals surface area contributed by atoms with E-state index in [9.17, 15) is 0 Å². The van der Waals surface area contributed by atoms with E-state index in [2.05, 4.69) is 133 Å². The predicted octanol–water partition coefficient (Wildman–Crippen LogP) is 12.4. The lowest BCUT2D eigenvalue weighted by molar-refractivity contribution is 0.669. The molecule has 0 radical (unpaired) electrons. The standard InChI is InChI=1S/C36H22O.2C2H6/c1-2-10-23(11-3-1)35-27-14-6-8-16-29(27)36(30-17-9-7-15-28(30)35)26-18-19-33-31(21-26)32-20-24-12-4-5-13-25(24)22-34(32)37-33;2*1-2/h1-22H;2*1-2H3. The maximum Gasteiger partial charge on any atom is 0.136 e. The van der Waals surface area contributed by atoms with E-state index in [1.54, 1.807) is 0 Å². The zero-order valence-electron chi connectivity index (χ0n) is 24.1. The Balaban J connectivity index is 0.000000726. The van der Waals surface area contributed by atoms with Gasteiger partial charge in [0.2, 0.25) is 0 Å². The van der Waals surface area contributed by atoms with Crippen LogP contribution >= 0.6 is 0 Å². The molecule has 1 heteroatoms. The zero-order valence-corrected chi connectivity index (χ0v) is 24.1. The van der Waals surface area contributed by atoms with E-state index < -0.39 is 0 Å². The summed E-state index contributed by atoms with van der Waals surface area (Å²) >= 11 is 0. The largest absolute Gasteiger partial charge is 0.456 e. The first-order valence-corrected chi connectivity index (χ1v) is 14.7. The van der Waals surface area contributed by atoms with Crippen LogP contribution in [0.5, 0.6) is 0 Å². The molecule has 1 heterocycles. The molecule has 0 unspecified atom stereocenters. The lowest BCUT2D eigenvalue weighted by Gasteiger charge is -2.17. The monoisotopic (exact) mass is 530 g/mol. The minimum atomic E-state index is 0.920. The summed E-state index contributed by atoms with van der Waals surface area (Å²) in [5.41, 5.74) is 6.85. The van der Waals surface area contributed by atoms with Gasteiger partial charge in [0.15, 0.2) is 0 Å². The van der Waals surface area contributed by atoms with Crippen molar-refractivity contribution in [2.75, 3.05) is 0 Å². The Hall–Kier alpha value is -4.88. The number of hydrogen-bond acceptors (Lipinski definition) is 1. The Labute approximate surface area is 241 Å². The molecular weight excluding hydrogens is 496 g/mol. The van der Waals surface area contributed by atoms with Crippen molar-refractivity contribution in [1.29, 1.82) is 0 Å². The first kappa shape index (κ1) is 26.3. The molecule has 0 aliphatic rings. The summed E-state index contributed by atoms with van der Waals surface area (Å²) in [6.45, 7) is 8.00. The van der Waals surface area contributed by atoms with Crippen LogP contribution < -0.4 is 0 Å². The maximum atomic E-state index is 6.30. The van der Waals surface area contributed by atoms with Crippen molar-refractivity contribution in [3.05, 3.63) is 133 Å². The molecule has 200 valence electrons. The van der Waals surface area contributed by atoms with E-state index in [0.29, 0.717) is 0 Å². The normalized spacial score (nSPS) is 10.9. The molecule has 0 saturated heterocycles. The van der Waals surface area contributed by atoms with Gasteiger partial charge in [0.25, 0.3) is 0 Å². The van der Waals surface area contributed by atoms with Crippen molar-refractivity contribution in [2.24, 2.45) is 0 Å². The van der Waals surface area contributed by atoms with Gasteiger partial charge in [-0.05, 0) is 78.8 Å². The fourth-order valence-corrected chi connectivity index (χ4v) is 5.97. The fourth-order valence-electron chi connectivity index (χ4n) is 5.97. The molecule has 0 amide bonds. The van der Waals surface area contributed by atoms with Gasteiger partial charge in [0.05, 0.1) is 0 Å². The molecule has 41 heavy (non-hydrogen) atoms. The second kappa shape index (κ2) is 11.3. The summed E-state index contributed by atoms with van der Waals surface area (Å²) in [7, 11) is 0. The van der Waals surface area contributed by atoms with Crippen molar-refractivity contribution < 1.29 is 4.42 Å². The van der Waals surface area contributed by atoms with Gasteiger partial charge in [-0.1, -0.05) is 137 Å². The number of benzene rings is 7. The summed E-state index contributed by atoms with van der Waals surface area (Å²) in [5, 5.41) is 9.80. The zero-order chi connectivity index (χ0) is 28.3. The predicted molar refractivity (Wildman–Crippen MR) is 180 cm³/mol. The third-order valence-electron chi connectivity index (χ3n) is 7.62. The van der Waals surface area contributed by atoms with Crippen LogP contribution in [0.3, 0.4) is 0 Å². The third kappa shape index (κ3) is 4.44. The van der Waals surface area contributed by atoms with Crippen LogP contribution in [-0.2, 0) is 0 Å². The highest BCUT2D eigenvalue weighted by Gasteiger charge is 2.17. The van der Waals surface area contributed by atoms with E-state index in [-0.39, 0.29) is 0 Å². The summed E-state index contributed by atoms with van der Waals surface area (Å²) in [4.78, 5) is 0. The molecule has 0 bridgehead atoms. The van der Waals surface area contributed by atoms with Crippen LogP contribution in [0.15, 0.2) is 138 Å². The summed E-state index contributed by atoms with van der Waals surface area (Å²) < 4.78 is 6.30. The van der Waals surface area contributed by atoms with Crippen molar-refractivity contribution in [3.63, 3.8) is 0 Å². The van der Waals surface area contributed by atoms with Crippen LogP contribution in [0, 0.1) is 0 Å². The Bertz CT molecular complexity index is 2070. The van der Waals surface area contributed by atoms with Gasteiger partial charge in [-0.3, -0.25) is 0 Å². The quantitative estimate of drug-likeness (QED) is 0.203. The number of fused-ring (bicyclic) bond motifs is 6. The number of furan rings is 1. The molecule has 0 atom stereocenters. The summed E-state index contributed by atoms with van der Waals surface area (Å²) in [5.74, 6) is 0. The average Bonchev–Trinajstić information content (AvgIpc) is 3.41. The Morgan fingerprint density at radius 1 is 0.341 bits per heavy atom. The Morgan fingerprint density at radius 3 is 1.39 bits per heavy atom. The van der Waals surface area contributed by atoms with Crippen molar-refractivity contribution in [2.45, 2.75) is 27.7 Å². The molecular formula is C40H34O. The van der Waals surface area contributed by atoms with E-state index in [0.717, 1.165) is 21.9 Å². The van der Waals surface area contributed by atoms with Gasteiger partial charge >= 0.3 is 0 Å². The molecule has 0 spiro atoms. The SMILES string of the molecule is CC.CC.c1ccc(-c2c3ccccc3c(-c3ccc4oc5cc6ccccc6cc5c4c3)c3ccccc23)cc1.